The van der Waals surface area contributed by atoms with E-state index < -0.39 is 6.80 Å². The van der Waals surface area contributed by atoms with E-state index in [9.17, 15) is 14.4 Å². The molecule has 0 saturated heterocycles. The molecular formula is C12H23O3PS. The molecule has 100 valence electrons. The molecule has 2 N–H and O–H groups in total. The molecule has 0 radical (unpaired) electrons. The molecule has 3 nitrogen and oxygen atoms in total. The van der Waals surface area contributed by atoms with Crippen LogP contribution >= 0.6 is 18.2 Å². The first-order valence-corrected chi connectivity index (χ1v) is 9.82. The summed E-state index contributed by atoms with van der Waals surface area (Å²) in [6, 6.07) is 0. The lowest BCUT2D eigenvalue weighted by Crippen LogP contribution is -2.37. The van der Waals surface area contributed by atoms with Crippen LogP contribution < -0.4 is 0 Å². The van der Waals surface area contributed by atoms with Gasteiger partial charge in [-0.3, -0.25) is 0 Å². The number of hydrogen-bond donors (Lipinski definition) is 2. The third-order valence-electron chi connectivity index (χ3n) is 4.35. The zero-order valence-electron chi connectivity index (χ0n) is 10.3. The van der Waals surface area contributed by atoms with Crippen LogP contribution in [0.4, 0.5) is 0 Å². The molecule has 0 aromatic heterocycles. The first kappa shape index (κ1) is 13.9. The maximum atomic E-state index is 11.4. The van der Waals surface area contributed by atoms with Gasteiger partial charge in [0.1, 0.15) is 0 Å². The molecule has 0 unspecified atom stereocenters. The summed E-state index contributed by atoms with van der Waals surface area (Å²) in [6.07, 6.45) is 11.7. The van der Waals surface area contributed by atoms with Gasteiger partial charge in [0.25, 0.3) is 0 Å². The highest BCUT2D eigenvalue weighted by Crippen LogP contribution is 2.64. The van der Waals surface area contributed by atoms with Crippen LogP contribution in [0.25, 0.3) is 0 Å². The highest BCUT2D eigenvalue weighted by molar-refractivity contribution is 8.55. The lowest BCUT2D eigenvalue weighted by atomic mass is 9.72. The standard InChI is InChI=1S/C12H23O3PS/c13-16(14,15)17-12(9-5-2-6-10-12)11-7-3-1-4-8-11/h11H,1-10H2,(H2,13,14,15). The number of hydrogen-bond acceptors (Lipinski definition) is 2. The van der Waals surface area contributed by atoms with Gasteiger partial charge in [-0.2, -0.15) is 0 Å². The van der Waals surface area contributed by atoms with Gasteiger partial charge < -0.3 is 9.79 Å². The second-order valence-corrected chi connectivity index (χ2v) is 9.49. The normalized spacial score (nSPS) is 26.9. The monoisotopic (exact) mass is 278 g/mol. The summed E-state index contributed by atoms with van der Waals surface area (Å²) in [4.78, 5) is 18.7. The minimum absolute atomic E-state index is 0.113. The molecule has 0 heterocycles. The summed E-state index contributed by atoms with van der Waals surface area (Å²) in [6.45, 7) is -3.95. The predicted octanol–water partition coefficient (Wildman–Crippen LogP) is 4.10. The van der Waals surface area contributed by atoms with Crippen LogP contribution in [-0.4, -0.2) is 14.5 Å². The second-order valence-electron chi connectivity index (χ2n) is 5.54. The predicted molar refractivity (Wildman–Crippen MR) is 72.0 cm³/mol. The molecule has 2 aliphatic rings. The molecule has 2 aliphatic carbocycles. The average Bonchev–Trinajstić information content (AvgIpc) is 2.29. The minimum Gasteiger partial charge on any atom is -0.317 e. The van der Waals surface area contributed by atoms with Crippen LogP contribution in [0.3, 0.4) is 0 Å². The van der Waals surface area contributed by atoms with Gasteiger partial charge in [-0.05, 0) is 43.0 Å². The van der Waals surface area contributed by atoms with Crippen LogP contribution in [0.15, 0.2) is 0 Å². The van der Waals surface area contributed by atoms with Crippen molar-refractivity contribution in [1.29, 1.82) is 0 Å². The molecular weight excluding hydrogens is 255 g/mol. The van der Waals surface area contributed by atoms with E-state index in [1.807, 2.05) is 0 Å². The van der Waals surface area contributed by atoms with E-state index in [1.165, 1.54) is 38.5 Å². The summed E-state index contributed by atoms with van der Waals surface area (Å²) in [5.41, 5.74) is 0. The van der Waals surface area contributed by atoms with Crippen molar-refractivity contribution in [3.8, 4) is 0 Å². The van der Waals surface area contributed by atoms with E-state index in [0.717, 1.165) is 37.1 Å². The second kappa shape index (κ2) is 5.64. The van der Waals surface area contributed by atoms with Crippen molar-refractivity contribution in [1.82, 2.24) is 0 Å². The lowest BCUT2D eigenvalue weighted by molar-refractivity contribution is 0.228. The van der Waals surface area contributed by atoms with Gasteiger partial charge in [0.05, 0.1) is 0 Å². The summed E-state index contributed by atoms with van der Waals surface area (Å²) < 4.78 is 11.3. The van der Waals surface area contributed by atoms with E-state index in [-0.39, 0.29) is 4.75 Å². The first-order chi connectivity index (χ1) is 8.02. The van der Waals surface area contributed by atoms with E-state index >= 15 is 0 Å². The molecule has 0 aliphatic heterocycles. The van der Waals surface area contributed by atoms with Gasteiger partial charge in [0.15, 0.2) is 0 Å². The molecule has 2 rings (SSSR count). The summed E-state index contributed by atoms with van der Waals surface area (Å²) in [5, 5.41) is 0. The summed E-state index contributed by atoms with van der Waals surface area (Å²) in [7, 11) is 0. The Bertz CT molecular complexity index is 290. The summed E-state index contributed by atoms with van der Waals surface area (Å²) >= 11 is 0.998. The Labute approximate surface area is 108 Å². The van der Waals surface area contributed by atoms with Crippen molar-refractivity contribution in [2.24, 2.45) is 5.92 Å². The van der Waals surface area contributed by atoms with Crippen molar-refractivity contribution in [3.63, 3.8) is 0 Å². The van der Waals surface area contributed by atoms with Crippen LogP contribution in [0, 0.1) is 5.92 Å². The maximum absolute atomic E-state index is 11.4. The fraction of sp³-hybridized carbons (Fsp3) is 1.00. The molecule has 0 atom stereocenters. The molecule has 0 bridgehead atoms. The molecule has 2 saturated carbocycles. The molecule has 0 aromatic carbocycles. The summed E-state index contributed by atoms with van der Waals surface area (Å²) in [5.74, 6) is 0.536. The van der Waals surface area contributed by atoms with Crippen molar-refractivity contribution in [2.45, 2.75) is 69.0 Å². The molecule has 0 aromatic rings. The zero-order valence-corrected chi connectivity index (χ0v) is 12.0. The number of rotatable bonds is 3. The quantitative estimate of drug-likeness (QED) is 0.763. The largest absolute Gasteiger partial charge is 0.384 e. The van der Waals surface area contributed by atoms with E-state index in [0.29, 0.717) is 5.92 Å². The minimum atomic E-state index is -3.95. The van der Waals surface area contributed by atoms with Crippen molar-refractivity contribution in [3.05, 3.63) is 0 Å². The maximum Gasteiger partial charge on any atom is 0.384 e. The van der Waals surface area contributed by atoms with Crippen LogP contribution in [0.1, 0.15) is 64.2 Å². The fourth-order valence-electron chi connectivity index (χ4n) is 3.59. The molecule has 17 heavy (non-hydrogen) atoms. The van der Waals surface area contributed by atoms with Gasteiger partial charge >= 0.3 is 6.80 Å². The Hall–Kier alpha value is 0.500. The first-order valence-electron chi connectivity index (χ1n) is 6.78. The topological polar surface area (TPSA) is 57.5 Å². The highest BCUT2D eigenvalue weighted by atomic mass is 32.7. The SMILES string of the molecule is O=P(O)(O)SC1(C2CCCCC2)CCCCC1. The van der Waals surface area contributed by atoms with Gasteiger partial charge in [-0.25, -0.2) is 4.57 Å². The van der Waals surface area contributed by atoms with E-state index in [1.54, 1.807) is 0 Å². The van der Waals surface area contributed by atoms with Gasteiger partial charge in [0, 0.05) is 4.75 Å². The smallest absolute Gasteiger partial charge is 0.317 e. The fourth-order valence-corrected chi connectivity index (χ4v) is 7.34. The average molecular weight is 278 g/mol. The Kier molecular flexibility index (Phi) is 4.62. The van der Waals surface area contributed by atoms with Crippen LogP contribution in [0.5, 0.6) is 0 Å². The van der Waals surface area contributed by atoms with Crippen molar-refractivity contribution < 1.29 is 14.4 Å². The van der Waals surface area contributed by atoms with E-state index in [4.69, 9.17) is 0 Å². The van der Waals surface area contributed by atoms with Gasteiger partial charge in [-0.1, -0.05) is 38.5 Å². The molecule has 0 amide bonds. The lowest BCUT2D eigenvalue weighted by Gasteiger charge is -2.44. The van der Waals surface area contributed by atoms with Gasteiger partial charge in [-0.15, -0.1) is 0 Å². The Balaban J connectivity index is 2.12. The molecule has 0 spiro atoms. The highest BCUT2D eigenvalue weighted by Gasteiger charge is 2.44. The van der Waals surface area contributed by atoms with E-state index in [2.05, 4.69) is 0 Å². The third-order valence-corrected chi connectivity index (χ3v) is 7.50. The third kappa shape index (κ3) is 3.73. The van der Waals surface area contributed by atoms with Crippen molar-refractivity contribution in [2.75, 3.05) is 0 Å². The van der Waals surface area contributed by atoms with Crippen molar-refractivity contribution >= 4 is 18.2 Å². The Morgan fingerprint density at radius 3 is 2.00 bits per heavy atom. The van der Waals surface area contributed by atoms with Gasteiger partial charge in [0.2, 0.25) is 0 Å². The van der Waals surface area contributed by atoms with Crippen LogP contribution in [-0.2, 0) is 4.57 Å². The Morgan fingerprint density at radius 1 is 0.941 bits per heavy atom. The Morgan fingerprint density at radius 2 is 1.47 bits per heavy atom. The van der Waals surface area contributed by atoms with Crippen LogP contribution in [0.2, 0.25) is 0 Å². The molecule has 5 heteroatoms. The zero-order chi connectivity index (χ0) is 12.4. The molecule has 2 fully saturated rings.